The Bertz CT molecular complexity index is 760. The number of thiazole rings is 1. The standard InChI is InChI=1S/C16H20N4O4S/c21-14(3-12-6-19-1-2-25-16(19)17-12)20-5-11-4-18(8-15(22)23)7-13(20)10-24-9-11/h1-2,6,11,13H,3-5,7-10H2,(H,22,23)/t11-,13-/m0/s1. The van der Waals surface area contributed by atoms with E-state index in [0.717, 1.165) is 10.7 Å². The average molecular weight is 364 g/mol. The predicted octanol–water partition coefficient (Wildman–Crippen LogP) is 0.182. The number of ether oxygens (including phenoxy) is 1. The molecular weight excluding hydrogens is 344 g/mol. The molecule has 2 aromatic heterocycles. The lowest BCUT2D eigenvalue weighted by Gasteiger charge is -2.30. The number of aromatic nitrogens is 2. The molecule has 4 heterocycles. The van der Waals surface area contributed by atoms with Crippen LogP contribution in [-0.4, -0.2) is 81.6 Å². The molecular formula is C16H20N4O4S. The van der Waals surface area contributed by atoms with Crippen LogP contribution in [0.4, 0.5) is 0 Å². The summed E-state index contributed by atoms with van der Waals surface area (Å²) in [6.45, 7) is 2.82. The maximum absolute atomic E-state index is 12.9. The average Bonchev–Trinajstić information content (AvgIpc) is 2.97. The molecule has 0 radical (unpaired) electrons. The van der Waals surface area contributed by atoms with E-state index in [2.05, 4.69) is 4.98 Å². The summed E-state index contributed by atoms with van der Waals surface area (Å²) >= 11 is 1.54. The number of nitrogens with zero attached hydrogens (tertiary/aromatic N) is 4. The fourth-order valence-electron chi connectivity index (χ4n) is 3.68. The van der Waals surface area contributed by atoms with Crippen LogP contribution < -0.4 is 0 Å². The molecule has 2 fully saturated rings. The van der Waals surface area contributed by atoms with E-state index < -0.39 is 5.97 Å². The van der Waals surface area contributed by atoms with Crippen molar-refractivity contribution < 1.29 is 19.4 Å². The van der Waals surface area contributed by atoms with Crippen LogP contribution in [0.1, 0.15) is 5.69 Å². The maximum atomic E-state index is 12.9. The van der Waals surface area contributed by atoms with Crippen LogP contribution in [0, 0.1) is 5.92 Å². The second-order valence-corrected chi connectivity index (χ2v) is 7.57. The van der Waals surface area contributed by atoms with Crippen molar-refractivity contribution in [1.82, 2.24) is 19.2 Å². The molecule has 8 nitrogen and oxygen atoms in total. The molecule has 2 atom stereocenters. The summed E-state index contributed by atoms with van der Waals surface area (Å²) in [4.78, 5) is 33.1. The minimum Gasteiger partial charge on any atom is -0.480 e. The van der Waals surface area contributed by atoms with Crippen molar-refractivity contribution in [2.45, 2.75) is 12.5 Å². The molecule has 0 aliphatic carbocycles. The Hall–Kier alpha value is -1.97. The third kappa shape index (κ3) is 3.53. The van der Waals surface area contributed by atoms with Gasteiger partial charge in [-0.15, -0.1) is 11.3 Å². The highest BCUT2D eigenvalue weighted by Gasteiger charge is 2.36. The van der Waals surface area contributed by atoms with Gasteiger partial charge in [0.15, 0.2) is 4.96 Å². The zero-order valence-electron chi connectivity index (χ0n) is 13.7. The lowest BCUT2D eigenvalue weighted by atomic mass is 10.1. The molecule has 0 unspecified atom stereocenters. The van der Waals surface area contributed by atoms with Crippen LogP contribution in [0.3, 0.4) is 0 Å². The Kier molecular flexibility index (Phi) is 4.45. The Morgan fingerprint density at radius 3 is 3.00 bits per heavy atom. The van der Waals surface area contributed by atoms with E-state index in [1.807, 2.05) is 32.0 Å². The molecule has 0 saturated carbocycles. The van der Waals surface area contributed by atoms with Gasteiger partial charge in [0.2, 0.25) is 5.91 Å². The molecule has 2 saturated heterocycles. The number of carbonyl (C=O) groups excluding carboxylic acids is 1. The molecule has 1 N–H and O–H groups in total. The number of hydrogen-bond donors (Lipinski definition) is 1. The first-order valence-corrected chi connectivity index (χ1v) is 9.19. The highest BCUT2D eigenvalue weighted by Crippen LogP contribution is 2.21. The van der Waals surface area contributed by atoms with Crippen molar-refractivity contribution in [2.24, 2.45) is 5.92 Å². The van der Waals surface area contributed by atoms with Crippen molar-refractivity contribution in [3.8, 4) is 0 Å². The Morgan fingerprint density at radius 2 is 2.20 bits per heavy atom. The fourth-order valence-corrected chi connectivity index (χ4v) is 4.40. The normalized spacial score (nSPS) is 24.4. The molecule has 2 bridgehead atoms. The number of imidazole rings is 1. The van der Waals surface area contributed by atoms with Crippen LogP contribution in [0.5, 0.6) is 0 Å². The first kappa shape index (κ1) is 16.5. The van der Waals surface area contributed by atoms with E-state index in [1.54, 1.807) is 11.3 Å². The highest BCUT2D eigenvalue weighted by atomic mass is 32.1. The zero-order chi connectivity index (χ0) is 17.4. The van der Waals surface area contributed by atoms with Gasteiger partial charge in [-0.1, -0.05) is 0 Å². The molecule has 134 valence electrons. The monoisotopic (exact) mass is 364 g/mol. The Balaban J connectivity index is 1.49. The zero-order valence-corrected chi connectivity index (χ0v) is 14.5. The van der Waals surface area contributed by atoms with Gasteiger partial charge in [-0.2, -0.15) is 0 Å². The van der Waals surface area contributed by atoms with Gasteiger partial charge in [0.05, 0.1) is 37.9 Å². The number of carboxylic acid groups (broad SMARTS) is 1. The van der Waals surface area contributed by atoms with Crippen LogP contribution in [0.25, 0.3) is 4.96 Å². The summed E-state index contributed by atoms with van der Waals surface area (Å²) in [6.07, 6.45) is 4.08. The van der Waals surface area contributed by atoms with Crippen molar-refractivity contribution in [3.05, 3.63) is 23.5 Å². The minimum absolute atomic E-state index is 0.00630. The number of aliphatic carboxylic acids is 1. The predicted molar refractivity (Wildman–Crippen MR) is 90.7 cm³/mol. The first-order chi connectivity index (χ1) is 12.1. The number of amides is 1. The lowest BCUT2D eigenvalue weighted by molar-refractivity contribution is -0.138. The molecule has 2 aliphatic rings. The summed E-state index contributed by atoms with van der Waals surface area (Å²) in [5.41, 5.74) is 0.763. The molecule has 0 spiro atoms. The van der Waals surface area contributed by atoms with Crippen molar-refractivity contribution in [2.75, 3.05) is 39.4 Å². The molecule has 0 aromatic carbocycles. The third-order valence-corrected chi connectivity index (χ3v) is 5.47. The number of carboxylic acids is 1. The van der Waals surface area contributed by atoms with Gasteiger partial charge in [0.25, 0.3) is 0 Å². The molecule has 9 heteroatoms. The smallest absolute Gasteiger partial charge is 0.317 e. The van der Waals surface area contributed by atoms with Gasteiger partial charge < -0.3 is 14.7 Å². The van der Waals surface area contributed by atoms with E-state index in [9.17, 15) is 9.59 Å². The molecule has 2 aromatic rings. The van der Waals surface area contributed by atoms with Crippen LogP contribution in [0.2, 0.25) is 0 Å². The summed E-state index contributed by atoms with van der Waals surface area (Å²) in [5.74, 6) is -0.665. The van der Waals surface area contributed by atoms with E-state index in [4.69, 9.17) is 9.84 Å². The van der Waals surface area contributed by atoms with Crippen LogP contribution in [-0.2, 0) is 20.7 Å². The van der Waals surface area contributed by atoms with Crippen LogP contribution in [0.15, 0.2) is 17.8 Å². The van der Waals surface area contributed by atoms with E-state index in [0.29, 0.717) is 32.8 Å². The first-order valence-electron chi connectivity index (χ1n) is 8.31. The summed E-state index contributed by atoms with van der Waals surface area (Å²) < 4.78 is 7.62. The van der Waals surface area contributed by atoms with Gasteiger partial charge in [-0.3, -0.25) is 18.9 Å². The summed E-state index contributed by atoms with van der Waals surface area (Å²) in [6, 6.07) is -0.108. The largest absolute Gasteiger partial charge is 0.480 e. The number of rotatable bonds is 4. The SMILES string of the molecule is O=C(O)CN1C[C@@H]2COC[C@H](C1)N(C(=O)Cc1cn3ccsc3n1)C2. The number of carbonyl (C=O) groups is 2. The topological polar surface area (TPSA) is 87.4 Å². The fraction of sp³-hybridized carbons (Fsp3) is 0.562. The molecule has 2 aliphatic heterocycles. The van der Waals surface area contributed by atoms with Gasteiger partial charge in [0.1, 0.15) is 0 Å². The Morgan fingerprint density at radius 1 is 1.32 bits per heavy atom. The van der Waals surface area contributed by atoms with Crippen molar-refractivity contribution in [3.63, 3.8) is 0 Å². The second-order valence-electron chi connectivity index (χ2n) is 6.69. The van der Waals surface area contributed by atoms with Gasteiger partial charge >= 0.3 is 5.97 Å². The number of fused-ring (bicyclic) bond motifs is 4. The third-order valence-electron chi connectivity index (χ3n) is 4.70. The van der Waals surface area contributed by atoms with Crippen LogP contribution >= 0.6 is 11.3 Å². The highest BCUT2D eigenvalue weighted by molar-refractivity contribution is 7.15. The van der Waals surface area contributed by atoms with Crippen molar-refractivity contribution in [1.29, 1.82) is 0 Å². The minimum atomic E-state index is -0.836. The van der Waals surface area contributed by atoms with Crippen molar-refractivity contribution >= 4 is 28.2 Å². The lowest BCUT2D eigenvalue weighted by Crippen LogP contribution is -2.47. The van der Waals surface area contributed by atoms with E-state index in [-0.39, 0.29) is 30.8 Å². The molecule has 4 rings (SSSR count). The summed E-state index contributed by atoms with van der Waals surface area (Å²) in [7, 11) is 0. The summed E-state index contributed by atoms with van der Waals surface area (Å²) in [5, 5.41) is 11.0. The quantitative estimate of drug-likeness (QED) is 0.833. The Labute approximate surface area is 148 Å². The molecule has 25 heavy (non-hydrogen) atoms. The van der Waals surface area contributed by atoms with E-state index >= 15 is 0 Å². The number of hydrogen-bond acceptors (Lipinski definition) is 6. The van der Waals surface area contributed by atoms with Gasteiger partial charge in [-0.05, 0) is 0 Å². The van der Waals surface area contributed by atoms with Gasteiger partial charge in [0, 0.05) is 43.3 Å². The maximum Gasteiger partial charge on any atom is 0.317 e. The van der Waals surface area contributed by atoms with Gasteiger partial charge in [-0.25, -0.2) is 4.98 Å². The molecule has 1 amide bonds. The second kappa shape index (κ2) is 6.74. The van der Waals surface area contributed by atoms with E-state index in [1.165, 1.54) is 0 Å².